The van der Waals surface area contributed by atoms with Crippen molar-refractivity contribution < 1.29 is 4.79 Å². The largest absolute Gasteiger partial charge is 0.318 e. The first-order valence-corrected chi connectivity index (χ1v) is 6.90. The molecule has 0 radical (unpaired) electrons. The molecule has 0 bridgehead atoms. The van der Waals surface area contributed by atoms with Gasteiger partial charge in [-0.25, -0.2) is 0 Å². The quantitative estimate of drug-likeness (QED) is 0.797. The molecule has 1 heterocycles. The molecule has 2 aromatic carbocycles. The predicted molar refractivity (Wildman–Crippen MR) is 82.8 cm³/mol. The van der Waals surface area contributed by atoms with Crippen LogP contribution in [-0.2, 0) is 18.3 Å². The van der Waals surface area contributed by atoms with Gasteiger partial charge in [0.2, 0.25) is 0 Å². The van der Waals surface area contributed by atoms with Crippen LogP contribution in [0.15, 0.2) is 54.6 Å². The van der Waals surface area contributed by atoms with E-state index in [9.17, 15) is 4.79 Å². The molecule has 0 aliphatic heterocycles. The first kappa shape index (κ1) is 13.5. The Labute approximate surface area is 123 Å². The molecule has 0 aliphatic rings. The molecule has 2 N–H and O–H groups in total. The summed E-state index contributed by atoms with van der Waals surface area (Å²) >= 11 is 0. The molecule has 1 atom stereocenters. The lowest BCUT2D eigenvalue weighted by atomic mass is 9.99. The topological polar surface area (TPSA) is 60.9 Å². The summed E-state index contributed by atoms with van der Waals surface area (Å²) in [5, 5.41) is 5.45. The number of rotatable bonds is 4. The Kier molecular flexibility index (Phi) is 3.54. The molecule has 21 heavy (non-hydrogen) atoms. The van der Waals surface area contributed by atoms with E-state index in [-0.39, 0.29) is 12.2 Å². The highest BCUT2D eigenvalue weighted by Gasteiger charge is 2.19. The maximum atomic E-state index is 12.4. The van der Waals surface area contributed by atoms with Crippen molar-refractivity contribution in [1.29, 1.82) is 0 Å². The zero-order valence-electron chi connectivity index (χ0n) is 11.9. The molecular weight excluding hydrogens is 262 g/mol. The molecule has 0 amide bonds. The molecule has 3 aromatic rings. The van der Waals surface area contributed by atoms with Crippen LogP contribution in [0.5, 0.6) is 0 Å². The number of aromatic nitrogens is 2. The number of fused-ring (bicyclic) bond motifs is 1. The van der Waals surface area contributed by atoms with Crippen LogP contribution in [0.1, 0.15) is 17.3 Å². The van der Waals surface area contributed by atoms with Crippen molar-refractivity contribution in [3.63, 3.8) is 0 Å². The fraction of sp³-hybridized carbons (Fsp3) is 0.176. The van der Waals surface area contributed by atoms with Crippen molar-refractivity contribution in [2.75, 3.05) is 0 Å². The molecule has 4 heteroatoms. The Morgan fingerprint density at radius 2 is 1.81 bits per heavy atom. The van der Waals surface area contributed by atoms with Crippen LogP contribution in [0.3, 0.4) is 0 Å². The van der Waals surface area contributed by atoms with Crippen LogP contribution < -0.4 is 5.73 Å². The highest BCUT2D eigenvalue weighted by Crippen LogP contribution is 2.20. The van der Waals surface area contributed by atoms with Crippen LogP contribution in [0.4, 0.5) is 0 Å². The Morgan fingerprint density at radius 1 is 1.14 bits per heavy atom. The van der Waals surface area contributed by atoms with Gasteiger partial charge in [0, 0.05) is 12.4 Å². The number of carbonyl (C=O) groups excluding carboxylic acids is 1. The van der Waals surface area contributed by atoms with Gasteiger partial charge in [-0.05, 0) is 11.6 Å². The van der Waals surface area contributed by atoms with E-state index in [0.717, 1.165) is 22.2 Å². The van der Waals surface area contributed by atoms with Gasteiger partial charge in [0.25, 0.3) is 0 Å². The molecule has 1 unspecified atom stereocenters. The van der Waals surface area contributed by atoms with Gasteiger partial charge in [0.1, 0.15) is 0 Å². The third kappa shape index (κ3) is 2.58. The Hall–Kier alpha value is -2.46. The molecule has 4 nitrogen and oxygen atoms in total. The number of ketones is 1. The van der Waals surface area contributed by atoms with E-state index >= 15 is 0 Å². The monoisotopic (exact) mass is 279 g/mol. The lowest BCUT2D eigenvalue weighted by Crippen LogP contribution is -2.23. The molecule has 1 aromatic heterocycles. The number of para-hydroxylation sites is 1. The van der Waals surface area contributed by atoms with E-state index in [4.69, 9.17) is 5.73 Å². The third-order valence-corrected chi connectivity index (χ3v) is 3.68. The molecule has 106 valence electrons. The van der Waals surface area contributed by atoms with Crippen molar-refractivity contribution in [3.8, 4) is 0 Å². The standard InChI is InChI=1S/C17H17N3O/c1-20-15-10-6-5-9-13(15)14(19-20)11-16(21)17(18)12-7-3-2-4-8-12/h2-10,17H,11,18H2,1H3. The van der Waals surface area contributed by atoms with Crippen molar-refractivity contribution >= 4 is 16.7 Å². The summed E-state index contributed by atoms with van der Waals surface area (Å²) in [5.41, 5.74) is 8.69. The van der Waals surface area contributed by atoms with Gasteiger partial charge in [-0.15, -0.1) is 0 Å². The van der Waals surface area contributed by atoms with Crippen LogP contribution in [0.2, 0.25) is 0 Å². The predicted octanol–water partition coefficient (Wildman–Crippen LogP) is 2.38. The minimum atomic E-state index is -0.605. The first-order chi connectivity index (χ1) is 10.2. The summed E-state index contributed by atoms with van der Waals surface area (Å²) in [6, 6.07) is 16.7. The summed E-state index contributed by atoms with van der Waals surface area (Å²) in [6.07, 6.45) is 0.247. The second-order valence-corrected chi connectivity index (χ2v) is 5.12. The van der Waals surface area contributed by atoms with E-state index in [2.05, 4.69) is 5.10 Å². The van der Waals surface area contributed by atoms with E-state index < -0.39 is 6.04 Å². The maximum Gasteiger partial charge on any atom is 0.160 e. The van der Waals surface area contributed by atoms with Gasteiger partial charge in [0.15, 0.2) is 5.78 Å². The normalized spacial score (nSPS) is 12.5. The highest BCUT2D eigenvalue weighted by molar-refractivity contribution is 5.91. The number of hydrogen-bond donors (Lipinski definition) is 1. The van der Waals surface area contributed by atoms with Crippen molar-refractivity contribution in [2.45, 2.75) is 12.5 Å². The third-order valence-electron chi connectivity index (χ3n) is 3.68. The summed E-state index contributed by atoms with van der Waals surface area (Å²) in [4.78, 5) is 12.4. The zero-order valence-corrected chi connectivity index (χ0v) is 11.9. The first-order valence-electron chi connectivity index (χ1n) is 6.90. The van der Waals surface area contributed by atoms with Crippen LogP contribution >= 0.6 is 0 Å². The minimum Gasteiger partial charge on any atom is -0.318 e. The Morgan fingerprint density at radius 3 is 2.57 bits per heavy atom. The van der Waals surface area contributed by atoms with E-state index in [1.54, 1.807) is 4.68 Å². The maximum absolute atomic E-state index is 12.4. The summed E-state index contributed by atoms with van der Waals surface area (Å²) < 4.78 is 1.80. The average Bonchev–Trinajstić information content (AvgIpc) is 2.84. The van der Waals surface area contributed by atoms with Gasteiger partial charge in [-0.1, -0.05) is 48.5 Å². The zero-order chi connectivity index (χ0) is 14.8. The molecular formula is C17H17N3O. The van der Waals surface area contributed by atoms with Gasteiger partial charge >= 0.3 is 0 Å². The fourth-order valence-electron chi connectivity index (χ4n) is 2.54. The summed E-state index contributed by atoms with van der Waals surface area (Å²) in [6.45, 7) is 0. The average molecular weight is 279 g/mol. The second-order valence-electron chi connectivity index (χ2n) is 5.12. The lowest BCUT2D eigenvalue weighted by molar-refractivity contribution is -0.119. The van der Waals surface area contributed by atoms with Crippen LogP contribution in [-0.4, -0.2) is 15.6 Å². The van der Waals surface area contributed by atoms with Gasteiger partial charge in [0.05, 0.1) is 23.7 Å². The number of benzene rings is 2. The number of carbonyl (C=O) groups is 1. The number of hydrogen-bond acceptors (Lipinski definition) is 3. The lowest BCUT2D eigenvalue weighted by Gasteiger charge is -2.09. The molecule has 0 fully saturated rings. The molecule has 3 rings (SSSR count). The number of aryl methyl sites for hydroxylation is 1. The van der Waals surface area contributed by atoms with Gasteiger partial charge in [-0.2, -0.15) is 5.10 Å². The number of Topliss-reactive ketones (excluding diaryl/α,β-unsaturated/α-hetero) is 1. The van der Waals surface area contributed by atoms with E-state index in [0.29, 0.717) is 0 Å². The molecule has 0 saturated heterocycles. The SMILES string of the molecule is Cn1nc(CC(=O)C(N)c2ccccc2)c2ccccc21. The summed E-state index contributed by atoms with van der Waals surface area (Å²) in [7, 11) is 1.88. The smallest absolute Gasteiger partial charge is 0.160 e. The van der Waals surface area contributed by atoms with Gasteiger partial charge in [-0.3, -0.25) is 9.48 Å². The minimum absolute atomic E-state index is 0.0231. The summed E-state index contributed by atoms with van der Waals surface area (Å²) in [5.74, 6) is -0.0231. The molecule has 0 spiro atoms. The Balaban J connectivity index is 1.87. The van der Waals surface area contributed by atoms with E-state index in [1.807, 2.05) is 61.6 Å². The number of nitrogens with zero attached hydrogens (tertiary/aromatic N) is 2. The van der Waals surface area contributed by atoms with Crippen LogP contribution in [0.25, 0.3) is 10.9 Å². The van der Waals surface area contributed by atoms with Crippen molar-refractivity contribution in [1.82, 2.24) is 9.78 Å². The highest BCUT2D eigenvalue weighted by atomic mass is 16.1. The van der Waals surface area contributed by atoms with Crippen molar-refractivity contribution in [3.05, 3.63) is 65.9 Å². The van der Waals surface area contributed by atoms with Crippen LogP contribution in [0, 0.1) is 0 Å². The van der Waals surface area contributed by atoms with Crippen molar-refractivity contribution in [2.24, 2.45) is 12.8 Å². The van der Waals surface area contributed by atoms with E-state index in [1.165, 1.54) is 0 Å². The second kappa shape index (κ2) is 5.50. The molecule has 0 saturated carbocycles. The fourth-order valence-corrected chi connectivity index (χ4v) is 2.54. The Bertz CT molecular complexity index is 777. The van der Waals surface area contributed by atoms with Gasteiger partial charge < -0.3 is 5.73 Å². The number of nitrogens with two attached hydrogens (primary N) is 1. The molecule has 0 aliphatic carbocycles.